The number of fused-ring (bicyclic) bond motifs is 1. The molecule has 24 heavy (non-hydrogen) atoms. The van der Waals surface area contributed by atoms with E-state index in [-0.39, 0.29) is 11.9 Å². The molecule has 5 nitrogen and oxygen atoms in total. The molecule has 3 aromatic rings. The lowest BCUT2D eigenvalue weighted by molar-refractivity contribution is 0.102. The molecule has 2 aromatic heterocycles. The molecule has 1 N–H and O–H groups in total. The van der Waals surface area contributed by atoms with Crippen LogP contribution in [0.15, 0.2) is 30.5 Å². The summed E-state index contributed by atoms with van der Waals surface area (Å²) in [5.74, 6) is -0.137. The number of rotatable bonds is 3. The molecule has 0 saturated heterocycles. The summed E-state index contributed by atoms with van der Waals surface area (Å²) in [6.07, 6.45) is 1.72. The predicted octanol–water partition coefficient (Wildman–Crippen LogP) is 4.19. The summed E-state index contributed by atoms with van der Waals surface area (Å²) in [6.45, 7) is 9.99. The second-order valence-corrected chi connectivity index (χ2v) is 6.50. The lowest BCUT2D eigenvalue weighted by atomic mass is 10.1. The van der Waals surface area contributed by atoms with Crippen molar-refractivity contribution in [1.29, 1.82) is 0 Å². The Morgan fingerprint density at radius 3 is 2.62 bits per heavy atom. The normalized spacial score (nSPS) is 11.2. The van der Waals surface area contributed by atoms with Crippen molar-refractivity contribution in [3.63, 3.8) is 0 Å². The fraction of sp³-hybridized carbons (Fsp3) is 0.316. The molecule has 0 unspecified atom stereocenters. The number of anilines is 1. The number of aryl methyl sites for hydroxylation is 3. The van der Waals surface area contributed by atoms with Crippen LogP contribution in [0.1, 0.15) is 47.1 Å². The molecule has 1 aromatic carbocycles. The maximum absolute atomic E-state index is 12.8. The predicted molar refractivity (Wildman–Crippen MR) is 96.5 cm³/mol. The molecule has 0 fully saturated rings. The molecular weight excluding hydrogens is 300 g/mol. The third-order valence-corrected chi connectivity index (χ3v) is 4.07. The summed E-state index contributed by atoms with van der Waals surface area (Å²) in [4.78, 5) is 17.4. The average molecular weight is 322 g/mol. The van der Waals surface area contributed by atoms with Gasteiger partial charge < -0.3 is 5.32 Å². The van der Waals surface area contributed by atoms with Crippen LogP contribution in [0.5, 0.6) is 0 Å². The van der Waals surface area contributed by atoms with Gasteiger partial charge >= 0.3 is 0 Å². The Labute approximate surface area is 141 Å². The Morgan fingerprint density at radius 1 is 1.17 bits per heavy atom. The number of pyridine rings is 1. The van der Waals surface area contributed by atoms with E-state index in [1.165, 1.54) is 0 Å². The van der Waals surface area contributed by atoms with Crippen molar-refractivity contribution in [1.82, 2.24) is 14.8 Å². The molecule has 0 radical (unpaired) electrons. The number of nitrogens with one attached hydrogen (secondary N) is 1. The monoisotopic (exact) mass is 322 g/mol. The fourth-order valence-corrected chi connectivity index (χ4v) is 2.77. The zero-order valence-corrected chi connectivity index (χ0v) is 14.7. The second kappa shape index (κ2) is 6.07. The standard InChI is InChI=1S/C19H22N4O/c1-11(2)23-18-16(10-20-23)15(9-14(5)21-18)19(24)22-17-8-12(3)6-7-13(17)4/h6-11H,1-5H3,(H,22,24). The van der Waals surface area contributed by atoms with Gasteiger partial charge in [0, 0.05) is 17.4 Å². The third kappa shape index (κ3) is 2.89. The van der Waals surface area contributed by atoms with Crippen LogP contribution in [-0.4, -0.2) is 20.7 Å². The van der Waals surface area contributed by atoms with Crippen LogP contribution in [-0.2, 0) is 0 Å². The molecule has 1 amide bonds. The van der Waals surface area contributed by atoms with E-state index in [1.807, 2.05) is 63.6 Å². The van der Waals surface area contributed by atoms with Crippen LogP contribution in [0.3, 0.4) is 0 Å². The molecule has 3 rings (SSSR count). The van der Waals surface area contributed by atoms with E-state index in [0.717, 1.165) is 33.5 Å². The van der Waals surface area contributed by atoms with Gasteiger partial charge in [-0.3, -0.25) is 4.79 Å². The van der Waals surface area contributed by atoms with Gasteiger partial charge in [0.15, 0.2) is 5.65 Å². The van der Waals surface area contributed by atoms with E-state index in [9.17, 15) is 4.79 Å². The first-order chi connectivity index (χ1) is 11.4. The van der Waals surface area contributed by atoms with Gasteiger partial charge in [-0.1, -0.05) is 12.1 Å². The minimum Gasteiger partial charge on any atom is -0.322 e. The summed E-state index contributed by atoms with van der Waals surface area (Å²) < 4.78 is 1.84. The number of carbonyl (C=O) groups excluding carboxylic acids is 1. The van der Waals surface area contributed by atoms with Crippen molar-refractivity contribution in [2.75, 3.05) is 5.32 Å². The lowest BCUT2D eigenvalue weighted by Crippen LogP contribution is -2.14. The van der Waals surface area contributed by atoms with Gasteiger partial charge in [-0.05, 0) is 57.9 Å². The van der Waals surface area contributed by atoms with Gasteiger partial charge in [0.25, 0.3) is 5.91 Å². The molecule has 5 heteroatoms. The zero-order chi connectivity index (χ0) is 17.4. The van der Waals surface area contributed by atoms with Crippen molar-refractivity contribution < 1.29 is 4.79 Å². The van der Waals surface area contributed by atoms with E-state index in [2.05, 4.69) is 15.4 Å². The van der Waals surface area contributed by atoms with Gasteiger partial charge in [0.05, 0.1) is 17.1 Å². The van der Waals surface area contributed by atoms with Crippen molar-refractivity contribution >= 4 is 22.6 Å². The summed E-state index contributed by atoms with van der Waals surface area (Å²) in [7, 11) is 0. The first-order valence-corrected chi connectivity index (χ1v) is 8.10. The number of aromatic nitrogens is 3. The van der Waals surface area contributed by atoms with Gasteiger partial charge in [-0.15, -0.1) is 0 Å². The van der Waals surface area contributed by atoms with E-state index in [4.69, 9.17) is 0 Å². The topological polar surface area (TPSA) is 59.8 Å². The van der Waals surface area contributed by atoms with Gasteiger partial charge in [0.1, 0.15) is 0 Å². The highest BCUT2D eigenvalue weighted by molar-refractivity contribution is 6.12. The van der Waals surface area contributed by atoms with Crippen LogP contribution >= 0.6 is 0 Å². The molecule has 0 atom stereocenters. The number of amides is 1. The zero-order valence-electron chi connectivity index (χ0n) is 14.7. The smallest absolute Gasteiger partial charge is 0.256 e. The first kappa shape index (κ1) is 16.2. The average Bonchev–Trinajstić information content (AvgIpc) is 2.93. The molecule has 0 aliphatic rings. The number of hydrogen-bond acceptors (Lipinski definition) is 3. The Morgan fingerprint density at radius 2 is 1.92 bits per heavy atom. The summed E-state index contributed by atoms with van der Waals surface area (Å²) in [5.41, 5.74) is 5.13. The highest BCUT2D eigenvalue weighted by atomic mass is 16.1. The molecule has 0 aliphatic carbocycles. The highest BCUT2D eigenvalue weighted by Gasteiger charge is 2.17. The summed E-state index contributed by atoms with van der Waals surface area (Å²) in [5, 5.41) is 8.19. The molecule has 0 saturated carbocycles. The van der Waals surface area contributed by atoms with E-state index in [0.29, 0.717) is 5.56 Å². The van der Waals surface area contributed by atoms with Gasteiger partial charge in [-0.25, -0.2) is 9.67 Å². The van der Waals surface area contributed by atoms with Crippen molar-refractivity contribution in [3.05, 3.63) is 52.8 Å². The highest BCUT2D eigenvalue weighted by Crippen LogP contribution is 2.23. The van der Waals surface area contributed by atoms with E-state index in [1.54, 1.807) is 6.20 Å². The SMILES string of the molecule is Cc1ccc(C)c(NC(=O)c2cc(C)nc3c2cnn3C(C)C)c1. The molecule has 0 spiro atoms. The van der Waals surface area contributed by atoms with Crippen LogP contribution in [0.25, 0.3) is 11.0 Å². The fourth-order valence-electron chi connectivity index (χ4n) is 2.77. The molecule has 0 bridgehead atoms. The maximum atomic E-state index is 12.8. The van der Waals surface area contributed by atoms with Crippen molar-refractivity contribution in [3.8, 4) is 0 Å². The number of benzene rings is 1. The van der Waals surface area contributed by atoms with Crippen LogP contribution < -0.4 is 5.32 Å². The largest absolute Gasteiger partial charge is 0.322 e. The van der Waals surface area contributed by atoms with E-state index < -0.39 is 0 Å². The number of nitrogens with zero attached hydrogens (tertiary/aromatic N) is 3. The van der Waals surface area contributed by atoms with Crippen molar-refractivity contribution in [2.45, 2.75) is 40.7 Å². The van der Waals surface area contributed by atoms with Crippen LogP contribution in [0, 0.1) is 20.8 Å². The Bertz CT molecular complexity index is 925. The van der Waals surface area contributed by atoms with Crippen molar-refractivity contribution in [2.24, 2.45) is 0 Å². The molecular formula is C19H22N4O. The molecule has 0 aliphatic heterocycles. The maximum Gasteiger partial charge on any atom is 0.256 e. The first-order valence-electron chi connectivity index (χ1n) is 8.10. The number of hydrogen-bond donors (Lipinski definition) is 1. The second-order valence-electron chi connectivity index (χ2n) is 6.50. The molecule has 124 valence electrons. The quantitative estimate of drug-likeness (QED) is 0.786. The minimum absolute atomic E-state index is 0.137. The Hall–Kier alpha value is -2.69. The van der Waals surface area contributed by atoms with Gasteiger partial charge in [0.2, 0.25) is 0 Å². The van der Waals surface area contributed by atoms with Crippen LogP contribution in [0.2, 0.25) is 0 Å². The van der Waals surface area contributed by atoms with E-state index >= 15 is 0 Å². The number of carbonyl (C=O) groups is 1. The summed E-state index contributed by atoms with van der Waals surface area (Å²) in [6, 6.07) is 8.03. The lowest BCUT2D eigenvalue weighted by Gasteiger charge is -2.11. The molecule has 2 heterocycles. The Kier molecular flexibility index (Phi) is 4.09. The minimum atomic E-state index is -0.137. The summed E-state index contributed by atoms with van der Waals surface area (Å²) >= 11 is 0. The third-order valence-electron chi connectivity index (χ3n) is 4.07. The van der Waals surface area contributed by atoms with Gasteiger partial charge in [-0.2, -0.15) is 5.10 Å². The van der Waals surface area contributed by atoms with Crippen LogP contribution in [0.4, 0.5) is 5.69 Å². The Balaban J connectivity index is 2.05.